The number of carbonyl (C=O) groups excluding carboxylic acids is 1. The van der Waals surface area contributed by atoms with Crippen LogP contribution in [0, 0.1) is 17.2 Å². The predicted octanol–water partition coefficient (Wildman–Crippen LogP) is 4.66. The standard InChI is InChI=1S/C25H19N3O2/c1-30-23-11-10-20(21-9-4-12-27-24(21)23)18-5-2-7-19-17(18)6-3-8-22(19)25(29)28-14-16(13-26)15-28/h2-12,16H,14-15H2,1H3. The van der Waals surface area contributed by atoms with Crippen molar-refractivity contribution in [3.63, 3.8) is 0 Å². The van der Waals surface area contributed by atoms with E-state index < -0.39 is 0 Å². The number of benzene rings is 3. The molecule has 0 spiro atoms. The van der Waals surface area contributed by atoms with E-state index >= 15 is 0 Å². The second-order valence-corrected chi connectivity index (χ2v) is 7.46. The van der Waals surface area contributed by atoms with Gasteiger partial charge in [-0.05, 0) is 46.2 Å². The van der Waals surface area contributed by atoms with Crippen molar-refractivity contribution in [2.75, 3.05) is 20.2 Å². The number of hydrogen-bond donors (Lipinski definition) is 0. The maximum Gasteiger partial charge on any atom is 0.254 e. The largest absolute Gasteiger partial charge is 0.494 e. The van der Waals surface area contributed by atoms with Gasteiger partial charge in [-0.25, -0.2) is 0 Å². The topological polar surface area (TPSA) is 66.2 Å². The van der Waals surface area contributed by atoms with Gasteiger partial charge in [0.15, 0.2) is 0 Å². The summed E-state index contributed by atoms with van der Waals surface area (Å²) in [6.45, 7) is 1.00. The second-order valence-electron chi connectivity index (χ2n) is 7.46. The van der Waals surface area contributed by atoms with Crippen LogP contribution < -0.4 is 4.74 Å². The van der Waals surface area contributed by atoms with Gasteiger partial charge in [-0.1, -0.05) is 36.4 Å². The minimum absolute atomic E-state index is 0.0227. The third-order valence-corrected chi connectivity index (χ3v) is 5.75. The third-order valence-electron chi connectivity index (χ3n) is 5.75. The van der Waals surface area contributed by atoms with E-state index in [0.717, 1.165) is 38.6 Å². The lowest BCUT2D eigenvalue weighted by molar-refractivity contribution is 0.0579. The summed E-state index contributed by atoms with van der Waals surface area (Å²) in [6, 6.07) is 22.0. The predicted molar refractivity (Wildman–Crippen MR) is 116 cm³/mol. The minimum atomic E-state index is -0.0577. The molecule has 1 aliphatic heterocycles. The Kier molecular flexibility index (Phi) is 4.33. The van der Waals surface area contributed by atoms with Gasteiger partial charge in [-0.2, -0.15) is 5.26 Å². The van der Waals surface area contributed by atoms with Crippen molar-refractivity contribution in [3.05, 3.63) is 72.4 Å². The highest BCUT2D eigenvalue weighted by Gasteiger charge is 2.31. The van der Waals surface area contributed by atoms with E-state index in [-0.39, 0.29) is 11.8 Å². The molecule has 1 aromatic heterocycles. The van der Waals surface area contributed by atoms with Crippen LogP contribution in [-0.2, 0) is 0 Å². The average Bonchev–Trinajstić information content (AvgIpc) is 2.76. The monoisotopic (exact) mass is 393 g/mol. The van der Waals surface area contributed by atoms with E-state index in [1.165, 1.54) is 0 Å². The van der Waals surface area contributed by atoms with Crippen molar-refractivity contribution in [1.82, 2.24) is 9.88 Å². The third kappa shape index (κ3) is 2.77. The SMILES string of the molecule is COc1ccc(-c2cccc3c(C(=O)N4CC(C#N)C4)cccc23)c2cccnc12. The Morgan fingerprint density at radius 3 is 2.53 bits per heavy atom. The fourth-order valence-electron chi connectivity index (χ4n) is 4.17. The van der Waals surface area contributed by atoms with Gasteiger partial charge in [-0.3, -0.25) is 9.78 Å². The second kappa shape index (κ2) is 7.16. The number of methoxy groups -OCH3 is 1. The molecular weight excluding hydrogens is 374 g/mol. The maximum absolute atomic E-state index is 13.0. The molecule has 1 fully saturated rings. The number of carbonyl (C=O) groups is 1. The van der Waals surface area contributed by atoms with E-state index in [1.54, 1.807) is 18.2 Å². The van der Waals surface area contributed by atoms with Crippen LogP contribution in [-0.4, -0.2) is 36.0 Å². The highest BCUT2D eigenvalue weighted by Crippen LogP contribution is 2.37. The molecule has 0 saturated carbocycles. The van der Waals surface area contributed by atoms with E-state index in [0.29, 0.717) is 18.7 Å². The molecule has 146 valence electrons. The molecule has 0 atom stereocenters. The van der Waals surface area contributed by atoms with Crippen molar-refractivity contribution in [2.24, 2.45) is 5.92 Å². The van der Waals surface area contributed by atoms with Crippen molar-refractivity contribution >= 4 is 27.6 Å². The van der Waals surface area contributed by atoms with Crippen LogP contribution in [0.25, 0.3) is 32.8 Å². The smallest absolute Gasteiger partial charge is 0.254 e. The summed E-state index contributed by atoms with van der Waals surface area (Å²) in [6.07, 6.45) is 1.76. The number of ether oxygens (including phenoxy) is 1. The molecule has 0 N–H and O–H groups in total. The Balaban J connectivity index is 1.67. The molecule has 1 amide bonds. The molecule has 5 nitrogen and oxygen atoms in total. The average molecular weight is 393 g/mol. The van der Waals surface area contributed by atoms with Gasteiger partial charge in [0.25, 0.3) is 5.91 Å². The molecular formula is C25H19N3O2. The lowest BCUT2D eigenvalue weighted by Gasteiger charge is -2.35. The number of hydrogen-bond acceptors (Lipinski definition) is 4. The Bertz CT molecular complexity index is 1330. The molecule has 5 rings (SSSR count). The van der Waals surface area contributed by atoms with Gasteiger partial charge in [0.2, 0.25) is 0 Å². The summed E-state index contributed by atoms with van der Waals surface area (Å²) >= 11 is 0. The number of rotatable bonds is 3. The van der Waals surface area contributed by atoms with Gasteiger partial charge >= 0.3 is 0 Å². The van der Waals surface area contributed by atoms with E-state index in [4.69, 9.17) is 10.00 Å². The van der Waals surface area contributed by atoms with Gasteiger partial charge in [-0.15, -0.1) is 0 Å². The molecule has 0 aliphatic carbocycles. The summed E-state index contributed by atoms with van der Waals surface area (Å²) in [7, 11) is 1.64. The molecule has 4 aromatic rings. The fraction of sp³-hybridized carbons (Fsp3) is 0.160. The molecule has 0 radical (unpaired) electrons. The van der Waals surface area contributed by atoms with Crippen molar-refractivity contribution < 1.29 is 9.53 Å². The van der Waals surface area contributed by atoms with Crippen LogP contribution in [0.3, 0.4) is 0 Å². The van der Waals surface area contributed by atoms with E-state index in [1.807, 2.05) is 54.6 Å². The number of pyridine rings is 1. The Morgan fingerprint density at radius 1 is 1.00 bits per heavy atom. The lowest BCUT2D eigenvalue weighted by Crippen LogP contribution is -2.49. The lowest BCUT2D eigenvalue weighted by atomic mass is 9.92. The first-order chi connectivity index (χ1) is 14.7. The summed E-state index contributed by atoms with van der Waals surface area (Å²) < 4.78 is 5.48. The van der Waals surface area contributed by atoms with Crippen molar-refractivity contribution in [1.29, 1.82) is 5.26 Å². The number of likely N-dealkylation sites (tertiary alicyclic amines) is 1. The minimum Gasteiger partial charge on any atom is -0.494 e. The fourth-order valence-corrected chi connectivity index (χ4v) is 4.17. The molecule has 0 bridgehead atoms. The number of amides is 1. The number of aromatic nitrogens is 1. The highest BCUT2D eigenvalue weighted by atomic mass is 16.5. The summed E-state index contributed by atoms with van der Waals surface area (Å²) in [5.41, 5.74) is 3.57. The van der Waals surface area contributed by atoms with Crippen molar-refractivity contribution in [2.45, 2.75) is 0 Å². The van der Waals surface area contributed by atoms with Crippen LogP contribution in [0.4, 0.5) is 0 Å². The first-order valence-electron chi connectivity index (χ1n) is 9.84. The molecule has 2 heterocycles. The first kappa shape index (κ1) is 18.1. The number of fused-ring (bicyclic) bond motifs is 2. The van der Waals surface area contributed by atoms with Gasteiger partial charge in [0.1, 0.15) is 11.3 Å². The Morgan fingerprint density at radius 2 is 1.73 bits per heavy atom. The van der Waals surface area contributed by atoms with Crippen LogP contribution in [0.5, 0.6) is 5.75 Å². The Hall–Kier alpha value is -3.91. The zero-order valence-electron chi connectivity index (χ0n) is 16.5. The van der Waals surface area contributed by atoms with E-state index in [2.05, 4.69) is 17.1 Å². The zero-order chi connectivity index (χ0) is 20.7. The quantitative estimate of drug-likeness (QED) is 0.508. The molecule has 1 saturated heterocycles. The number of nitriles is 1. The van der Waals surface area contributed by atoms with Crippen LogP contribution in [0.2, 0.25) is 0 Å². The van der Waals surface area contributed by atoms with Gasteiger partial charge < -0.3 is 9.64 Å². The summed E-state index contributed by atoms with van der Waals surface area (Å²) in [5.74, 6) is 0.651. The van der Waals surface area contributed by atoms with Gasteiger partial charge in [0, 0.05) is 30.2 Å². The highest BCUT2D eigenvalue weighted by molar-refractivity contribution is 6.13. The summed E-state index contributed by atoms with van der Waals surface area (Å²) in [5, 5.41) is 11.9. The normalized spacial score (nSPS) is 13.8. The van der Waals surface area contributed by atoms with Crippen LogP contribution in [0.15, 0.2) is 66.9 Å². The number of nitrogens with zero attached hydrogens (tertiary/aromatic N) is 3. The molecule has 0 unspecified atom stereocenters. The van der Waals surface area contributed by atoms with E-state index in [9.17, 15) is 4.79 Å². The first-order valence-corrected chi connectivity index (χ1v) is 9.84. The maximum atomic E-state index is 13.0. The van der Waals surface area contributed by atoms with Crippen molar-refractivity contribution in [3.8, 4) is 22.9 Å². The zero-order valence-corrected chi connectivity index (χ0v) is 16.5. The summed E-state index contributed by atoms with van der Waals surface area (Å²) in [4.78, 5) is 19.3. The van der Waals surface area contributed by atoms with Gasteiger partial charge in [0.05, 0.1) is 19.1 Å². The van der Waals surface area contributed by atoms with Crippen LogP contribution in [0.1, 0.15) is 10.4 Å². The molecule has 5 heteroatoms. The van der Waals surface area contributed by atoms with Crippen LogP contribution >= 0.6 is 0 Å². The molecule has 30 heavy (non-hydrogen) atoms. The molecule has 1 aliphatic rings. The molecule has 3 aromatic carbocycles. The Labute approximate surface area is 174 Å².